The van der Waals surface area contributed by atoms with Crippen LogP contribution in [0.3, 0.4) is 0 Å². The Labute approximate surface area is 102 Å². The smallest absolute Gasteiger partial charge is 0.512 e. The summed E-state index contributed by atoms with van der Waals surface area (Å²) in [5, 5.41) is 17.4. The Kier molecular flexibility index (Phi) is 4.04. The molecule has 0 aliphatic carbocycles. The zero-order valence-corrected chi connectivity index (χ0v) is 10.0. The third-order valence-electron chi connectivity index (χ3n) is 3.31. The zero-order chi connectivity index (χ0) is 12.3. The van der Waals surface area contributed by atoms with Crippen LogP contribution in [0, 0.1) is 0 Å². The molecule has 0 atom stereocenters. The second-order valence-electron chi connectivity index (χ2n) is 4.59. The Hall–Kier alpha value is -1.04. The molecular formula is C12H18BNO3. The summed E-state index contributed by atoms with van der Waals surface area (Å²) in [6.07, 6.45) is 2.36. The average Bonchev–Trinajstić information content (AvgIpc) is 2.30. The summed E-state index contributed by atoms with van der Waals surface area (Å²) in [6, 6.07) is 7.58. The quantitative estimate of drug-likeness (QED) is 0.762. The third-order valence-corrected chi connectivity index (χ3v) is 3.31. The van der Waals surface area contributed by atoms with Crippen LogP contribution in [0.2, 0.25) is 0 Å². The molecule has 1 aliphatic heterocycles. The van der Waals surface area contributed by atoms with Gasteiger partial charge in [0.1, 0.15) is 5.75 Å². The van der Waals surface area contributed by atoms with Crippen molar-refractivity contribution in [2.24, 2.45) is 0 Å². The molecule has 0 spiro atoms. The standard InChI is InChI=1S/C12H18BNO3/c1-14-8-6-11(7-9-14)10-2-4-12(5-3-10)17-13(15)16/h2-5,11,15-16H,6-9H2,1H3. The van der Waals surface area contributed by atoms with E-state index in [9.17, 15) is 0 Å². The van der Waals surface area contributed by atoms with E-state index in [1.807, 2.05) is 12.1 Å². The predicted molar refractivity (Wildman–Crippen MR) is 66.7 cm³/mol. The molecule has 0 amide bonds. The van der Waals surface area contributed by atoms with Gasteiger partial charge in [0.25, 0.3) is 0 Å². The molecular weight excluding hydrogens is 217 g/mol. The lowest BCUT2D eigenvalue weighted by Crippen LogP contribution is -2.29. The number of benzene rings is 1. The molecule has 2 rings (SSSR count). The van der Waals surface area contributed by atoms with Crippen molar-refractivity contribution >= 4 is 7.32 Å². The van der Waals surface area contributed by atoms with Gasteiger partial charge in [0, 0.05) is 0 Å². The van der Waals surface area contributed by atoms with Crippen LogP contribution in [-0.4, -0.2) is 42.4 Å². The molecule has 5 heteroatoms. The van der Waals surface area contributed by atoms with E-state index < -0.39 is 7.32 Å². The molecule has 92 valence electrons. The third kappa shape index (κ3) is 3.46. The van der Waals surface area contributed by atoms with Gasteiger partial charge in [-0.2, -0.15) is 0 Å². The fourth-order valence-corrected chi connectivity index (χ4v) is 2.28. The molecule has 0 saturated carbocycles. The molecule has 1 fully saturated rings. The first-order valence-corrected chi connectivity index (χ1v) is 5.96. The Balaban J connectivity index is 1.97. The minimum absolute atomic E-state index is 0.483. The molecule has 0 unspecified atom stereocenters. The number of hydrogen-bond acceptors (Lipinski definition) is 4. The number of rotatable bonds is 3. The second kappa shape index (κ2) is 5.53. The molecule has 1 saturated heterocycles. The number of nitrogens with zero attached hydrogens (tertiary/aromatic N) is 1. The Bertz CT molecular complexity index is 347. The van der Waals surface area contributed by atoms with Crippen molar-refractivity contribution in [3.8, 4) is 5.75 Å². The van der Waals surface area contributed by atoms with Crippen molar-refractivity contribution in [3.63, 3.8) is 0 Å². The molecule has 0 aromatic heterocycles. The van der Waals surface area contributed by atoms with Crippen LogP contribution in [0.5, 0.6) is 5.75 Å². The van der Waals surface area contributed by atoms with Crippen LogP contribution in [0.25, 0.3) is 0 Å². The first-order valence-electron chi connectivity index (χ1n) is 5.96. The van der Waals surface area contributed by atoms with Crippen molar-refractivity contribution in [1.29, 1.82) is 0 Å². The second-order valence-corrected chi connectivity index (χ2v) is 4.59. The van der Waals surface area contributed by atoms with Crippen molar-refractivity contribution in [1.82, 2.24) is 4.90 Å². The highest BCUT2D eigenvalue weighted by Crippen LogP contribution is 2.28. The molecule has 1 aromatic carbocycles. The zero-order valence-electron chi connectivity index (χ0n) is 10.0. The van der Waals surface area contributed by atoms with Gasteiger partial charge in [-0.25, -0.2) is 0 Å². The van der Waals surface area contributed by atoms with E-state index in [1.165, 1.54) is 18.4 Å². The van der Waals surface area contributed by atoms with Gasteiger partial charge in [0.2, 0.25) is 0 Å². The lowest BCUT2D eigenvalue weighted by Gasteiger charge is -2.29. The summed E-state index contributed by atoms with van der Waals surface area (Å²) in [6.45, 7) is 2.27. The predicted octanol–water partition coefficient (Wildman–Crippen LogP) is 0.844. The molecule has 4 nitrogen and oxygen atoms in total. The van der Waals surface area contributed by atoms with Crippen LogP contribution < -0.4 is 4.65 Å². The van der Waals surface area contributed by atoms with Gasteiger partial charge in [-0.1, -0.05) is 12.1 Å². The van der Waals surface area contributed by atoms with E-state index >= 15 is 0 Å². The minimum Gasteiger partial charge on any atom is -0.512 e. The van der Waals surface area contributed by atoms with Gasteiger partial charge < -0.3 is 19.6 Å². The van der Waals surface area contributed by atoms with Gasteiger partial charge in [-0.15, -0.1) is 0 Å². The Morgan fingerprint density at radius 3 is 2.29 bits per heavy atom. The summed E-state index contributed by atoms with van der Waals surface area (Å²) < 4.78 is 4.78. The molecule has 1 aromatic rings. The lowest BCUT2D eigenvalue weighted by atomic mass is 9.90. The van der Waals surface area contributed by atoms with E-state index in [-0.39, 0.29) is 0 Å². The summed E-state index contributed by atoms with van der Waals surface area (Å²) in [5.74, 6) is 1.09. The molecule has 0 radical (unpaired) electrons. The summed E-state index contributed by atoms with van der Waals surface area (Å²) in [4.78, 5) is 2.34. The average molecular weight is 235 g/mol. The maximum absolute atomic E-state index is 8.68. The first kappa shape index (κ1) is 12.4. The summed E-state index contributed by atoms with van der Waals surface area (Å²) >= 11 is 0. The van der Waals surface area contributed by atoms with Crippen LogP contribution in [0.4, 0.5) is 0 Å². The van der Waals surface area contributed by atoms with Gasteiger partial charge >= 0.3 is 7.32 Å². The van der Waals surface area contributed by atoms with Crippen molar-refractivity contribution < 1.29 is 14.7 Å². The highest BCUT2D eigenvalue weighted by Gasteiger charge is 2.18. The maximum Gasteiger partial charge on any atom is 0.707 e. The van der Waals surface area contributed by atoms with Crippen LogP contribution in [0.1, 0.15) is 24.3 Å². The molecule has 0 bridgehead atoms. The summed E-state index contributed by atoms with van der Waals surface area (Å²) in [5.41, 5.74) is 1.30. The van der Waals surface area contributed by atoms with E-state index in [0.717, 1.165) is 13.1 Å². The van der Waals surface area contributed by atoms with E-state index in [4.69, 9.17) is 14.7 Å². The van der Waals surface area contributed by atoms with Crippen molar-refractivity contribution in [2.75, 3.05) is 20.1 Å². The van der Waals surface area contributed by atoms with Crippen LogP contribution >= 0.6 is 0 Å². The molecule has 1 heterocycles. The van der Waals surface area contributed by atoms with E-state index in [0.29, 0.717) is 11.7 Å². The first-order chi connectivity index (χ1) is 8.15. The van der Waals surface area contributed by atoms with Crippen molar-refractivity contribution in [2.45, 2.75) is 18.8 Å². The SMILES string of the molecule is CN1CCC(c2ccc(OB(O)O)cc2)CC1. The monoisotopic (exact) mass is 235 g/mol. The minimum atomic E-state index is -1.75. The largest absolute Gasteiger partial charge is 0.707 e. The van der Waals surface area contributed by atoms with Gasteiger partial charge in [-0.05, 0) is 56.6 Å². The fourth-order valence-electron chi connectivity index (χ4n) is 2.28. The van der Waals surface area contributed by atoms with Gasteiger partial charge in [0.15, 0.2) is 0 Å². The summed E-state index contributed by atoms with van der Waals surface area (Å²) in [7, 11) is 0.402. The van der Waals surface area contributed by atoms with Gasteiger partial charge in [-0.3, -0.25) is 0 Å². The van der Waals surface area contributed by atoms with Crippen LogP contribution in [-0.2, 0) is 0 Å². The van der Waals surface area contributed by atoms with E-state index in [2.05, 4.69) is 11.9 Å². The maximum atomic E-state index is 8.68. The van der Waals surface area contributed by atoms with Gasteiger partial charge in [0.05, 0.1) is 0 Å². The molecule has 17 heavy (non-hydrogen) atoms. The normalized spacial score (nSPS) is 18.1. The van der Waals surface area contributed by atoms with E-state index in [1.54, 1.807) is 12.1 Å². The topological polar surface area (TPSA) is 52.9 Å². The van der Waals surface area contributed by atoms with Crippen molar-refractivity contribution in [3.05, 3.63) is 29.8 Å². The molecule has 2 N–H and O–H groups in total. The molecule has 1 aliphatic rings. The Morgan fingerprint density at radius 2 is 1.76 bits per heavy atom. The highest BCUT2D eigenvalue weighted by molar-refractivity contribution is 6.33. The fraction of sp³-hybridized carbons (Fsp3) is 0.500. The highest BCUT2D eigenvalue weighted by atomic mass is 16.6. The Morgan fingerprint density at radius 1 is 1.18 bits per heavy atom. The number of likely N-dealkylation sites (tertiary alicyclic amines) is 1. The van der Waals surface area contributed by atoms with Crippen LogP contribution in [0.15, 0.2) is 24.3 Å². The number of piperidine rings is 1. The number of hydrogen-bond donors (Lipinski definition) is 2. The lowest BCUT2D eigenvalue weighted by molar-refractivity contribution is 0.255.